The van der Waals surface area contributed by atoms with Gasteiger partial charge in [-0.1, -0.05) is 13.8 Å². The Morgan fingerprint density at radius 3 is 2.53 bits per heavy atom. The first kappa shape index (κ1) is 9.49. The topological polar surface area (TPSA) is 27.6 Å². The van der Waals surface area contributed by atoms with Gasteiger partial charge in [0.15, 0.2) is 5.96 Å². The zero-order valence-electron chi connectivity index (χ0n) is 9.95. The summed E-state index contributed by atoms with van der Waals surface area (Å²) in [6, 6.07) is 0.687. The van der Waals surface area contributed by atoms with E-state index in [9.17, 15) is 0 Å². The standard InChI is InChI=1S/C12H21N3/c1-12(2)9-6-8(7-10(9)12)14-11-13-4-5-15(11)3/h8-10H,4-7H2,1-3H3,(H,13,14)/t8?,9-,10+. The summed E-state index contributed by atoms with van der Waals surface area (Å²) < 4.78 is 0. The minimum Gasteiger partial charge on any atom is -0.353 e. The largest absolute Gasteiger partial charge is 0.353 e. The Hall–Kier alpha value is -0.730. The molecule has 2 fully saturated rings. The molecule has 0 spiro atoms. The lowest BCUT2D eigenvalue weighted by molar-refractivity contribution is 0.404. The quantitative estimate of drug-likeness (QED) is 0.702. The van der Waals surface area contributed by atoms with E-state index in [0.717, 1.165) is 30.9 Å². The lowest BCUT2D eigenvalue weighted by Gasteiger charge is -2.23. The van der Waals surface area contributed by atoms with Crippen LogP contribution in [-0.2, 0) is 0 Å². The molecule has 0 radical (unpaired) electrons. The molecule has 0 saturated heterocycles. The van der Waals surface area contributed by atoms with Crippen molar-refractivity contribution in [2.24, 2.45) is 22.2 Å². The minimum atomic E-state index is 0.640. The Labute approximate surface area is 91.9 Å². The number of nitrogens with one attached hydrogen (secondary N) is 1. The van der Waals surface area contributed by atoms with E-state index in [4.69, 9.17) is 0 Å². The van der Waals surface area contributed by atoms with Gasteiger partial charge < -0.3 is 10.2 Å². The number of hydrogen-bond acceptors (Lipinski definition) is 3. The summed E-state index contributed by atoms with van der Waals surface area (Å²) in [5, 5.41) is 3.60. The summed E-state index contributed by atoms with van der Waals surface area (Å²) in [4.78, 5) is 6.72. The molecule has 3 aliphatic rings. The Bertz CT molecular complexity index is 294. The average molecular weight is 207 g/mol. The van der Waals surface area contributed by atoms with Gasteiger partial charge in [-0.25, -0.2) is 0 Å². The maximum atomic E-state index is 4.49. The summed E-state index contributed by atoms with van der Waals surface area (Å²) in [6.07, 6.45) is 2.70. The molecule has 1 heterocycles. The molecule has 0 amide bonds. The fourth-order valence-electron chi connectivity index (χ4n) is 3.49. The lowest BCUT2D eigenvalue weighted by atomic mass is 9.98. The van der Waals surface area contributed by atoms with Crippen LogP contribution in [0, 0.1) is 17.3 Å². The first-order valence-corrected chi connectivity index (χ1v) is 6.11. The monoisotopic (exact) mass is 207 g/mol. The van der Waals surface area contributed by atoms with Gasteiger partial charge in [-0.2, -0.15) is 0 Å². The van der Waals surface area contributed by atoms with Gasteiger partial charge in [0, 0.05) is 19.6 Å². The molecular weight excluding hydrogens is 186 g/mol. The number of likely N-dealkylation sites (N-methyl/N-ethyl adjacent to an activating group) is 1. The summed E-state index contributed by atoms with van der Waals surface area (Å²) in [5.74, 6) is 3.07. The van der Waals surface area contributed by atoms with Gasteiger partial charge in [0.1, 0.15) is 0 Å². The van der Waals surface area contributed by atoms with Crippen LogP contribution in [-0.4, -0.2) is 37.0 Å². The molecule has 0 aromatic rings. The van der Waals surface area contributed by atoms with E-state index < -0.39 is 0 Å². The van der Waals surface area contributed by atoms with Crippen LogP contribution in [0.4, 0.5) is 0 Å². The molecule has 3 heteroatoms. The van der Waals surface area contributed by atoms with Gasteiger partial charge in [0.05, 0.1) is 6.54 Å². The molecule has 2 saturated carbocycles. The molecular formula is C12H21N3. The summed E-state index contributed by atoms with van der Waals surface area (Å²) >= 11 is 0. The first-order chi connectivity index (χ1) is 7.09. The second kappa shape index (κ2) is 2.89. The van der Waals surface area contributed by atoms with E-state index in [1.807, 2.05) is 0 Å². The van der Waals surface area contributed by atoms with E-state index in [0.29, 0.717) is 11.5 Å². The van der Waals surface area contributed by atoms with Crippen molar-refractivity contribution in [3.05, 3.63) is 0 Å². The zero-order valence-corrected chi connectivity index (χ0v) is 9.95. The third kappa shape index (κ3) is 1.35. The number of fused-ring (bicyclic) bond motifs is 1. The summed E-state index contributed by atoms with van der Waals surface area (Å²) in [6.45, 7) is 6.87. The predicted octanol–water partition coefficient (Wildman–Crippen LogP) is 1.31. The fraction of sp³-hybridized carbons (Fsp3) is 0.917. The highest BCUT2D eigenvalue weighted by molar-refractivity contribution is 5.81. The van der Waals surface area contributed by atoms with Gasteiger partial charge in [-0.15, -0.1) is 0 Å². The Morgan fingerprint density at radius 1 is 1.33 bits per heavy atom. The molecule has 0 aromatic heterocycles. The first-order valence-electron chi connectivity index (χ1n) is 6.11. The van der Waals surface area contributed by atoms with Gasteiger partial charge in [-0.05, 0) is 30.1 Å². The van der Waals surface area contributed by atoms with Crippen molar-refractivity contribution >= 4 is 5.96 Å². The number of guanidine groups is 1. The molecule has 0 bridgehead atoms. The molecule has 1 aliphatic heterocycles. The fourth-order valence-corrected chi connectivity index (χ4v) is 3.49. The van der Waals surface area contributed by atoms with Crippen LogP contribution in [0.2, 0.25) is 0 Å². The average Bonchev–Trinajstić information content (AvgIpc) is 2.65. The third-order valence-electron chi connectivity index (χ3n) is 4.76. The van der Waals surface area contributed by atoms with E-state index in [1.54, 1.807) is 0 Å². The number of aliphatic imine (C=N–C) groups is 1. The van der Waals surface area contributed by atoms with Crippen molar-refractivity contribution in [1.82, 2.24) is 10.2 Å². The van der Waals surface area contributed by atoms with Crippen LogP contribution < -0.4 is 5.32 Å². The maximum absolute atomic E-state index is 4.49. The van der Waals surface area contributed by atoms with E-state index in [1.165, 1.54) is 12.8 Å². The van der Waals surface area contributed by atoms with Crippen LogP contribution in [0.15, 0.2) is 4.99 Å². The lowest BCUT2D eigenvalue weighted by Crippen LogP contribution is -2.41. The molecule has 3 nitrogen and oxygen atoms in total. The number of rotatable bonds is 1. The minimum absolute atomic E-state index is 0.640. The van der Waals surface area contributed by atoms with Gasteiger partial charge in [-0.3, -0.25) is 4.99 Å². The summed E-state index contributed by atoms with van der Waals surface area (Å²) in [5.41, 5.74) is 0.640. The van der Waals surface area contributed by atoms with Crippen molar-refractivity contribution in [1.29, 1.82) is 0 Å². The number of hydrogen-bond donors (Lipinski definition) is 1. The Morgan fingerprint density at radius 2 is 2.00 bits per heavy atom. The smallest absolute Gasteiger partial charge is 0.194 e. The third-order valence-corrected chi connectivity index (χ3v) is 4.76. The van der Waals surface area contributed by atoms with Gasteiger partial charge >= 0.3 is 0 Å². The molecule has 1 N–H and O–H groups in total. The van der Waals surface area contributed by atoms with Crippen LogP contribution in [0.1, 0.15) is 26.7 Å². The number of nitrogens with zero attached hydrogens (tertiary/aromatic N) is 2. The molecule has 84 valence electrons. The second-order valence-corrected chi connectivity index (χ2v) is 5.97. The molecule has 15 heavy (non-hydrogen) atoms. The predicted molar refractivity (Wildman–Crippen MR) is 61.9 cm³/mol. The maximum Gasteiger partial charge on any atom is 0.194 e. The molecule has 3 atom stereocenters. The van der Waals surface area contributed by atoms with Crippen molar-refractivity contribution in [2.75, 3.05) is 20.1 Å². The molecule has 2 aliphatic carbocycles. The van der Waals surface area contributed by atoms with Crippen LogP contribution >= 0.6 is 0 Å². The molecule has 3 rings (SSSR count). The Kier molecular flexibility index (Phi) is 1.83. The SMILES string of the molecule is CN1CCN=C1NC1C[C@@H]2[C@H](C1)C2(C)C. The van der Waals surface area contributed by atoms with E-state index in [-0.39, 0.29) is 0 Å². The van der Waals surface area contributed by atoms with Crippen molar-refractivity contribution < 1.29 is 0 Å². The van der Waals surface area contributed by atoms with Crippen LogP contribution in [0.5, 0.6) is 0 Å². The van der Waals surface area contributed by atoms with E-state index >= 15 is 0 Å². The molecule has 0 aromatic carbocycles. The Balaban J connectivity index is 1.56. The van der Waals surface area contributed by atoms with Crippen molar-refractivity contribution in [2.45, 2.75) is 32.7 Å². The van der Waals surface area contributed by atoms with Crippen LogP contribution in [0.3, 0.4) is 0 Å². The van der Waals surface area contributed by atoms with Gasteiger partial charge in [0.25, 0.3) is 0 Å². The van der Waals surface area contributed by atoms with Crippen LogP contribution in [0.25, 0.3) is 0 Å². The van der Waals surface area contributed by atoms with Gasteiger partial charge in [0.2, 0.25) is 0 Å². The highest BCUT2D eigenvalue weighted by Crippen LogP contribution is 2.66. The second-order valence-electron chi connectivity index (χ2n) is 5.97. The van der Waals surface area contributed by atoms with E-state index in [2.05, 4.69) is 36.1 Å². The summed E-state index contributed by atoms with van der Waals surface area (Å²) in [7, 11) is 2.12. The normalized spacial score (nSPS) is 41.4. The van der Waals surface area contributed by atoms with Crippen molar-refractivity contribution in [3.8, 4) is 0 Å². The van der Waals surface area contributed by atoms with Crippen molar-refractivity contribution in [3.63, 3.8) is 0 Å². The zero-order chi connectivity index (χ0) is 10.6. The highest BCUT2D eigenvalue weighted by atomic mass is 15.3. The highest BCUT2D eigenvalue weighted by Gasteiger charge is 2.62. The molecule has 1 unspecified atom stereocenters.